The number of aromatic nitrogens is 2. The maximum absolute atomic E-state index is 12.7. The fourth-order valence-corrected chi connectivity index (χ4v) is 5.40. The lowest BCUT2D eigenvalue weighted by Crippen LogP contribution is -2.46. The maximum atomic E-state index is 12.7. The summed E-state index contributed by atoms with van der Waals surface area (Å²) >= 11 is 1.54. The van der Waals surface area contributed by atoms with E-state index in [1.54, 1.807) is 11.3 Å². The number of fused-ring (bicyclic) bond motifs is 1. The quantitative estimate of drug-likeness (QED) is 0.530. The second-order valence-corrected chi connectivity index (χ2v) is 9.82. The largest absolute Gasteiger partial charge is 0.489 e. The summed E-state index contributed by atoms with van der Waals surface area (Å²) in [6.45, 7) is 6.40. The number of nitrogens with one attached hydrogen (secondary N) is 1. The van der Waals surface area contributed by atoms with Crippen molar-refractivity contribution < 1.29 is 14.3 Å². The number of ether oxygens (including phenoxy) is 2. The third-order valence-corrected chi connectivity index (χ3v) is 7.15. The molecule has 1 aromatic heterocycles. The summed E-state index contributed by atoms with van der Waals surface area (Å²) < 4.78 is 11.1. The number of hydrogen-bond acceptors (Lipinski definition) is 7. The fourth-order valence-electron chi connectivity index (χ4n) is 4.50. The summed E-state index contributed by atoms with van der Waals surface area (Å²) in [5.41, 5.74) is 11.2. The van der Waals surface area contributed by atoms with E-state index in [9.17, 15) is 4.79 Å². The molecule has 3 N–H and O–H groups in total. The number of nitrogens with two attached hydrogens (primary N) is 1. The van der Waals surface area contributed by atoms with Gasteiger partial charge in [0, 0.05) is 24.2 Å². The first kappa shape index (κ1) is 22.6. The number of amides is 2. The van der Waals surface area contributed by atoms with Crippen LogP contribution in [0.15, 0.2) is 36.4 Å². The third kappa shape index (κ3) is 4.58. The van der Waals surface area contributed by atoms with Gasteiger partial charge in [0.1, 0.15) is 15.8 Å². The Kier molecular flexibility index (Phi) is 6.38. The molecule has 2 amide bonds. The molecule has 1 aliphatic heterocycles. The highest BCUT2D eigenvalue weighted by Gasteiger charge is 2.29. The van der Waals surface area contributed by atoms with Gasteiger partial charge >= 0.3 is 6.03 Å². The minimum atomic E-state index is -0.0211. The van der Waals surface area contributed by atoms with E-state index in [2.05, 4.69) is 27.6 Å². The zero-order chi connectivity index (χ0) is 23.7. The predicted molar refractivity (Wildman–Crippen MR) is 133 cm³/mol. The smallest absolute Gasteiger partial charge is 0.318 e. The van der Waals surface area contributed by atoms with Gasteiger partial charge in [-0.15, -0.1) is 10.2 Å². The summed E-state index contributed by atoms with van der Waals surface area (Å²) in [7, 11) is 0. The Morgan fingerprint density at radius 1 is 1.21 bits per heavy atom. The first-order valence-corrected chi connectivity index (χ1v) is 12.5. The molecular formula is C25H29N5O3S. The highest BCUT2D eigenvalue weighted by atomic mass is 32.1. The van der Waals surface area contributed by atoms with Crippen molar-refractivity contribution in [1.82, 2.24) is 20.4 Å². The molecule has 2 aliphatic rings. The molecule has 2 heterocycles. The molecule has 0 radical (unpaired) electrons. The molecule has 2 aromatic carbocycles. The summed E-state index contributed by atoms with van der Waals surface area (Å²) in [4.78, 5) is 14.5. The highest BCUT2D eigenvalue weighted by molar-refractivity contribution is 7.17. The van der Waals surface area contributed by atoms with Crippen molar-refractivity contribution in [2.75, 3.05) is 32.0 Å². The fraction of sp³-hybridized carbons (Fsp3) is 0.400. The van der Waals surface area contributed by atoms with Crippen molar-refractivity contribution >= 4 is 23.1 Å². The summed E-state index contributed by atoms with van der Waals surface area (Å²) in [6.07, 6.45) is 1.83. The van der Waals surface area contributed by atoms with E-state index in [-0.39, 0.29) is 18.2 Å². The van der Waals surface area contributed by atoms with Crippen molar-refractivity contribution in [3.8, 4) is 26.9 Å². The topological polar surface area (TPSA) is 103 Å². The Balaban J connectivity index is 1.35. The first-order chi connectivity index (χ1) is 16.5. The lowest BCUT2D eigenvalue weighted by atomic mass is 10.0. The van der Waals surface area contributed by atoms with E-state index in [1.807, 2.05) is 43.0 Å². The Hall–Kier alpha value is -3.17. The number of carbonyl (C=O) groups is 1. The Bertz CT molecular complexity index is 1190. The van der Waals surface area contributed by atoms with E-state index in [1.165, 1.54) is 5.56 Å². The minimum Gasteiger partial charge on any atom is -0.489 e. The molecule has 1 unspecified atom stereocenters. The zero-order valence-corrected chi connectivity index (χ0v) is 20.2. The average Bonchev–Trinajstić information content (AvgIpc) is 3.48. The number of urea groups is 1. The molecule has 3 aromatic rings. The van der Waals surface area contributed by atoms with Crippen LogP contribution in [0, 0.1) is 0 Å². The molecule has 1 fully saturated rings. The van der Waals surface area contributed by atoms with Crippen LogP contribution in [0.2, 0.25) is 0 Å². The number of hydrogen-bond donors (Lipinski definition) is 2. The number of nitrogens with zero attached hydrogens (tertiary/aromatic N) is 3. The molecule has 1 atom stereocenters. The molecule has 5 rings (SSSR count). The maximum Gasteiger partial charge on any atom is 0.318 e. The Morgan fingerprint density at radius 3 is 2.76 bits per heavy atom. The van der Waals surface area contributed by atoms with E-state index in [0.717, 1.165) is 39.5 Å². The molecule has 8 nitrogen and oxygen atoms in total. The van der Waals surface area contributed by atoms with E-state index in [4.69, 9.17) is 15.2 Å². The molecule has 9 heteroatoms. The van der Waals surface area contributed by atoms with Crippen LogP contribution >= 0.6 is 11.3 Å². The van der Waals surface area contributed by atoms with Gasteiger partial charge in [-0.25, -0.2) is 4.79 Å². The molecule has 1 saturated heterocycles. The molecular weight excluding hydrogens is 450 g/mol. The van der Waals surface area contributed by atoms with Crippen molar-refractivity contribution in [3.63, 3.8) is 0 Å². The van der Waals surface area contributed by atoms with Crippen LogP contribution in [-0.2, 0) is 11.2 Å². The van der Waals surface area contributed by atoms with Gasteiger partial charge in [-0.3, -0.25) is 0 Å². The molecule has 178 valence electrons. The van der Waals surface area contributed by atoms with Gasteiger partial charge in [0.25, 0.3) is 0 Å². The second-order valence-electron chi connectivity index (χ2n) is 8.85. The first-order valence-electron chi connectivity index (χ1n) is 11.6. The van der Waals surface area contributed by atoms with E-state index in [0.29, 0.717) is 37.7 Å². The zero-order valence-electron chi connectivity index (χ0n) is 19.4. The standard InChI is InChI=1S/C25H29N5O3S/c1-15(2)33-22-9-6-16(14-20(22)26)23-28-29-24(34-23)19-5-3-4-18-17(19)7-8-21(18)27-25(31)30-10-12-32-13-11-30/h3-6,9,14-15,21H,7-8,10-13,26H2,1-2H3,(H,27,31). The van der Waals surface area contributed by atoms with Crippen LogP contribution in [-0.4, -0.2) is 53.5 Å². The van der Waals surface area contributed by atoms with Gasteiger partial charge in [0.05, 0.1) is 31.0 Å². The van der Waals surface area contributed by atoms with Crippen LogP contribution in [0.5, 0.6) is 5.75 Å². The number of nitrogen functional groups attached to an aromatic ring is 1. The Morgan fingerprint density at radius 2 is 2.00 bits per heavy atom. The van der Waals surface area contributed by atoms with Gasteiger partial charge in [-0.05, 0) is 56.0 Å². The number of morpholine rings is 1. The van der Waals surface area contributed by atoms with Crippen LogP contribution in [0.25, 0.3) is 21.1 Å². The number of anilines is 1. The molecule has 1 aliphatic carbocycles. The average molecular weight is 480 g/mol. The predicted octanol–water partition coefficient (Wildman–Crippen LogP) is 4.27. The van der Waals surface area contributed by atoms with Gasteiger partial charge in [-0.1, -0.05) is 29.5 Å². The molecule has 34 heavy (non-hydrogen) atoms. The van der Waals surface area contributed by atoms with E-state index >= 15 is 0 Å². The van der Waals surface area contributed by atoms with Crippen LogP contribution in [0.1, 0.15) is 37.4 Å². The lowest BCUT2D eigenvalue weighted by Gasteiger charge is -2.28. The third-order valence-electron chi connectivity index (χ3n) is 6.14. The normalized spacial score (nSPS) is 17.6. The van der Waals surface area contributed by atoms with Gasteiger partial charge in [-0.2, -0.15) is 0 Å². The number of benzene rings is 2. The van der Waals surface area contributed by atoms with Crippen molar-refractivity contribution in [3.05, 3.63) is 47.5 Å². The van der Waals surface area contributed by atoms with Crippen LogP contribution < -0.4 is 15.8 Å². The lowest BCUT2D eigenvalue weighted by molar-refractivity contribution is 0.0525. The number of rotatable bonds is 5. The highest BCUT2D eigenvalue weighted by Crippen LogP contribution is 2.40. The number of carbonyl (C=O) groups excluding carboxylic acids is 1. The summed E-state index contributed by atoms with van der Waals surface area (Å²) in [6, 6.07) is 11.9. The van der Waals surface area contributed by atoms with Crippen LogP contribution in [0.3, 0.4) is 0 Å². The molecule has 0 bridgehead atoms. The van der Waals surface area contributed by atoms with Crippen molar-refractivity contribution in [1.29, 1.82) is 0 Å². The van der Waals surface area contributed by atoms with Crippen molar-refractivity contribution in [2.24, 2.45) is 0 Å². The van der Waals surface area contributed by atoms with Crippen molar-refractivity contribution in [2.45, 2.75) is 38.8 Å². The van der Waals surface area contributed by atoms with Crippen LogP contribution in [0.4, 0.5) is 10.5 Å². The second kappa shape index (κ2) is 9.60. The van der Waals surface area contributed by atoms with Gasteiger partial charge in [0.2, 0.25) is 0 Å². The SMILES string of the molecule is CC(C)Oc1ccc(-c2nnc(-c3cccc4c3CCC4NC(=O)N3CCOCC3)s2)cc1N. The monoisotopic (exact) mass is 479 g/mol. The summed E-state index contributed by atoms with van der Waals surface area (Å²) in [5.74, 6) is 0.675. The van der Waals surface area contributed by atoms with Gasteiger partial charge in [0.15, 0.2) is 0 Å². The van der Waals surface area contributed by atoms with Gasteiger partial charge < -0.3 is 25.4 Å². The minimum absolute atomic E-state index is 0.00554. The molecule has 0 saturated carbocycles. The molecule has 0 spiro atoms. The summed E-state index contributed by atoms with van der Waals surface area (Å²) in [5, 5.41) is 13.8. The Labute approximate surface area is 203 Å². The van der Waals surface area contributed by atoms with E-state index < -0.39 is 0 Å².